The van der Waals surface area contributed by atoms with Crippen molar-refractivity contribution >= 4 is 16.7 Å². The maximum Gasteiger partial charge on any atom is 0.148 e. The molecule has 5 heteroatoms. The van der Waals surface area contributed by atoms with Gasteiger partial charge >= 0.3 is 0 Å². The van der Waals surface area contributed by atoms with Crippen LogP contribution in [0.4, 0.5) is 5.69 Å². The first kappa shape index (κ1) is 18.6. The molecule has 4 aromatic rings. The molecule has 0 unspecified atom stereocenters. The molecule has 0 amide bonds. The van der Waals surface area contributed by atoms with E-state index >= 15 is 0 Å². The summed E-state index contributed by atoms with van der Waals surface area (Å²) in [5.41, 5.74) is 2.41. The van der Waals surface area contributed by atoms with Gasteiger partial charge in [0.25, 0.3) is 0 Å². The molecular weight excluding hydrogens is 366 g/mol. The number of methoxy groups -OCH3 is 3. The van der Waals surface area contributed by atoms with Crippen molar-refractivity contribution in [3.8, 4) is 28.6 Å². The van der Waals surface area contributed by atoms with E-state index in [-0.39, 0.29) is 0 Å². The van der Waals surface area contributed by atoms with Crippen LogP contribution in [0.2, 0.25) is 0 Å². The van der Waals surface area contributed by atoms with Gasteiger partial charge in [-0.25, -0.2) is 4.99 Å². The first-order valence-corrected chi connectivity index (χ1v) is 9.16. The second-order valence-corrected chi connectivity index (χ2v) is 6.37. The number of hydrogen-bond acceptors (Lipinski definition) is 5. The maximum atomic E-state index is 6.14. The van der Waals surface area contributed by atoms with Crippen LogP contribution in [0.5, 0.6) is 17.2 Å². The topological polar surface area (TPSA) is 53.2 Å². The molecular formula is C24H21NO4. The van der Waals surface area contributed by atoms with Gasteiger partial charge in [-0.1, -0.05) is 12.1 Å². The first-order valence-electron chi connectivity index (χ1n) is 9.16. The molecule has 0 N–H and O–H groups in total. The Hall–Kier alpha value is -3.73. The Bertz CT molecular complexity index is 1210. The molecule has 1 aromatic heterocycles. The van der Waals surface area contributed by atoms with Gasteiger partial charge < -0.3 is 18.6 Å². The molecule has 0 spiro atoms. The predicted molar refractivity (Wildman–Crippen MR) is 113 cm³/mol. The van der Waals surface area contributed by atoms with Crippen molar-refractivity contribution in [3.63, 3.8) is 0 Å². The largest absolute Gasteiger partial charge is 0.497 e. The predicted octanol–water partition coefficient (Wildman–Crippen LogP) is 5.36. The Labute approximate surface area is 168 Å². The lowest BCUT2D eigenvalue weighted by atomic mass is 10.1. The first-order chi connectivity index (χ1) is 14.2. The van der Waals surface area contributed by atoms with Crippen LogP contribution < -0.4 is 19.6 Å². The summed E-state index contributed by atoms with van der Waals surface area (Å²) < 4.78 is 22.2. The molecule has 0 fully saturated rings. The Kier molecular flexibility index (Phi) is 5.20. The molecule has 29 heavy (non-hydrogen) atoms. The molecule has 0 radical (unpaired) electrons. The number of ether oxygens (including phenoxy) is 3. The van der Waals surface area contributed by atoms with Crippen molar-refractivity contribution in [1.29, 1.82) is 0 Å². The van der Waals surface area contributed by atoms with Gasteiger partial charge in [0.2, 0.25) is 0 Å². The standard InChI is InChI=1S/C24H21NO4/c1-26-17-10-8-16(9-11-17)23-15-21(19-6-4-5-7-22(19)29-23)25-20-13-12-18(27-2)14-24(20)28-3/h4-15H,1-3H3. The summed E-state index contributed by atoms with van der Waals surface area (Å²) in [4.78, 5) is 4.87. The Morgan fingerprint density at radius 1 is 0.724 bits per heavy atom. The van der Waals surface area contributed by atoms with Crippen molar-refractivity contribution < 1.29 is 18.6 Å². The Morgan fingerprint density at radius 3 is 2.17 bits per heavy atom. The molecule has 0 saturated heterocycles. The zero-order valence-electron chi connectivity index (χ0n) is 16.5. The highest BCUT2D eigenvalue weighted by Crippen LogP contribution is 2.31. The van der Waals surface area contributed by atoms with E-state index in [2.05, 4.69) is 0 Å². The number of benzene rings is 3. The molecule has 0 aliphatic heterocycles. The van der Waals surface area contributed by atoms with Gasteiger partial charge in [0.15, 0.2) is 0 Å². The highest BCUT2D eigenvalue weighted by atomic mass is 16.5. The second kappa shape index (κ2) is 8.10. The van der Waals surface area contributed by atoms with E-state index in [9.17, 15) is 0 Å². The second-order valence-electron chi connectivity index (χ2n) is 6.37. The van der Waals surface area contributed by atoms with Crippen LogP contribution in [-0.4, -0.2) is 21.3 Å². The summed E-state index contributed by atoms with van der Waals surface area (Å²) in [5, 5.41) is 1.71. The summed E-state index contributed by atoms with van der Waals surface area (Å²) in [6.45, 7) is 0. The van der Waals surface area contributed by atoms with Crippen LogP contribution in [0.15, 0.2) is 82.2 Å². The van der Waals surface area contributed by atoms with Crippen LogP contribution >= 0.6 is 0 Å². The zero-order valence-corrected chi connectivity index (χ0v) is 16.5. The zero-order chi connectivity index (χ0) is 20.2. The Morgan fingerprint density at radius 2 is 1.45 bits per heavy atom. The van der Waals surface area contributed by atoms with E-state index in [4.69, 9.17) is 23.6 Å². The molecule has 0 aliphatic carbocycles. The molecule has 0 saturated carbocycles. The average Bonchev–Trinajstić information content (AvgIpc) is 2.79. The summed E-state index contributed by atoms with van der Waals surface area (Å²) in [5.74, 6) is 2.87. The van der Waals surface area contributed by atoms with Crippen LogP contribution in [0, 0.1) is 0 Å². The van der Waals surface area contributed by atoms with E-state index in [0.717, 1.165) is 33.4 Å². The van der Waals surface area contributed by atoms with Crippen molar-refractivity contribution in [2.75, 3.05) is 21.3 Å². The number of rotatable bonds is 5. The van der Waals surface area contributed by atoms with Crippen molar-refractivity contribution in [3.05, 3.63) is 78.2 Å². The van der Waals surface area contributed by atoms with E-state index in [1.807, 2.05) is 72.8 Å². The van der Waals surface area contributed by atoms with E-state index < -0.39 is 0 Å². The number of para-hydroxylation sites is 1. The van der Waals surface area contributed by atoms with Crippen molar-refractivity contribution in [1.82, 2.24) is 0 Å². The smallest absolute Gasteiger partial charge is 0.148 e. The summed E-state index contributed by atoms with van der Waals surface area (Å²) in [6, 6.07) is 23.1. The quantitative estimate of drug-likeness (QED) is 0.463. The van der Waals surface area contributed by atoms with E-state index in [0.29, 0.717) is 17.2 Å². The normalized spacial score (nSPS) is 11.5. The van der Waals surface area contributed by atoms with Crippen LogP contribution in [0.1, 0.15) is 0 Å². The fourth-order valence-electron chi connectivity index (χ4n) is 3.11. The summed E-state index contributed by atoms with van der Waals surface area (Å²) >= 11 is 0. The van der Waals surface area contributed by atoms with Gasteiger partial charge in [0.1, 0.15) is 34.3 Å². The minimum absolute atomic E-state index is 0.639. The fourth-order valence-corrected chi connectivity index (χ4v) is 3.11. The Balaban J connectivity index is 1.92. The van der Waals surface area contributed by atoms with Crippen LogP contribution in [0.3, 0.4) is 0 Å². The SMILES string of the molecule is COc1ccc(-c2cc(=Nc3ccc(OC)cc3OC)c3ccccc3o2)cc1. The van der Waals surface area contributed by atoms with Crippen LogP contribution in [0.25, 0.3) is 22.3 Å². The average molecular weight is 387 g/mol. The third kappa shape index (κ3) is 3.80. The highest BCUT2D eigenvalue weighted by molar-refractivity contribution is 5.78. The third-order valence-corrected chi connectivity index (χ3v) is 4.65. The molecule has 0 bridgehead atoms. The lowest BCUT2D eigenvalue weighted by Gasteiger charge is -2.08. The molecule has 3 aromatic carbocycles. The molecule has 5 nitrogen and oxygen atoms in total. The van der Waals surface area contributed by atoms with Crippen LogP contribution in [-0.2, 0) is 0 Å². The minimum atomic E-state index is 0.639. The van der Waals surface area contributed by atoms with Crippen molar-refractivity contribution in [2.24, 2.45) is 4.99 Å². The highest BCUT2D eigenvalue weighted by Gasteiger charge is 2.08. The van der Waals surface area contributed by atoms with E-state index in [1.165, 1.54) is 0 Å². The maximum absolute atomic E-state index is 6.14. The molecule has 146 valence electrons. The molecule has 1 heterocycles. The number of hydrogen-bond donors (Lipinski definition) is 0. The number of nitrogens with zero attached hydrogens (tertiary/aromatic N) is 1. The van der Waals surface area contributed by atoms with Gasteiger partial charge in [-0.3, -0.25) is 0 Å². The fraction of sp³-hybridized carbons (Fsp3) is 0.125. The van der Waals surface area contributed by atoms with Gasteiger partial charge in [0, 0.05) is 23.1 Å². The van der Waals surface area contributed by atoms with E-state index in [1.54, 1.807) is 21.3 Å². The number of fused-ring (bicyclic) bond motifs is 1. The third-order valence-electron chi connectivity index (χ3n) is 4.65. The van der Waals surface area contributed by atoms with Gasteiger partial charge in [-0.2, -0.15) is 0 Å². The van der Waals surface area contributed by atoms with Gasteiger partial charge in [0.05, 0.1) is 26.7 Å². The lowest BCUT2D eigenvalue weighted by molar-refractivity contribution is 0.395. The molecule has 0 atom stereocenters. The molecule has 0 aliphatic rings. The minimum Gasteiger partial charge on any atom is -0.497 e. The van der Waals surface area contributed by atoms with Crippen molar-refractivity contribution in [2.45, 2.75) is 0 Å². The van der Waals surface area contributed by atoms with Gasteiger partial charge in [-0.05, 0) is 48.5 Å². The summed E-state index contributed by atoms with van der Waals surface area (Å²) in [6.07, 6.45) is 0. The lowest BCUT2D eigenvalue weighted by Crippen LogP contribution is -2.03. The van der Waals surface area contributed by atoms with Gasteiger partial charge in [-0.15, -0.1) is 0 Å². The molecule has 4 rings (SSSR count). The monoisotopic (exact) mass is 387 g/mol. The summed E-state index contributed by atoms with van der Waals surface area (Å²) in [7, 11) is 4.89.